The summed E-state index contributed by atoms with van der Waals surface area (Å²) >= 11 is 0. The fraction of sp³-hybridized carbons (Fsp3) is 0.600. The molecule has 232 valence electrons. The molecule has 9 nitrogen and oxygen atoms in total. The molecular formula is C30H41F3N4O5. The van der Waals surface area contributed by atoms with Gasteiger partial charge in [-0.1, -0.05) is 32.9 Å². The highest BCUT2D eigenvalue weighted by molar-refractivity contribution is 6.00. The molecule has 0 spiro atoms. The molecule has 3 rings (SSSR count). The lowest BCUT2D eigenvalue weighted by Crippen LogP contribution is -2.54. The number of carbonyl (C=O) groups excluding carboxylic acids is 3. The number of alkyl halides is 3. The second kappa shape index (κ2) is 13.6. The van der Waals surface area contributed by atoms with Gasteiger partial charge in [0.2, 0.25) is 17.7 Å². The monoisotopic (exact) mass is 594 g/mol. The first kappa shape index (κ1) is 32.9. The molecule has 42 heavy (non-hydrogen) atoms. The molecule has 0 bridgehead atoms. The molecule has 1 saturated heterocycles. The van der Waals surface area contributed by atoms with E-state index >= 15 is 0 Å². The Labute approximate surface area is 244 Å². The van der Waals surface area contributed by atoms with Crippen LogP contribution in [0, 0.1) is 0 Å². The third-order valence-corrected chi connectivity index (χ3v) is 7.28. The highest BCUT2D eigenvalue weighted by Gasteiger charge is 2.39. The highest BCUT2D eigenvalue weighted by Crippen LogP contribution is 2.27. The molecule has 1 N–H and O–H groups in total. The zero-order valence-corrected chi connectivity index (χ0v) is 25.1. The van der Waals surface area contributed by atoms with Crippen molar-refractivity contribution in [1.82, 2.24) is 20.1 Å². The van der Waals surface area contributed by atoms with Crippen LogP contribution < -0.4 is 10.1 Å². The van der Waals surface area contributed by atoms with Gasteiger partial charge in [-0.05, 0) is 51.7 Å². The van der Waals surface area contributed by atoms with Gasteiger partial charge in [0.1, 0.15) is 23.6 Å². The summed E-state index contributed by atoms with van der Waals surface area (Å²) in [7, 11) is 1.65. The van der Waals surface area contributed by atoms with Gasteiger partial charge in [-0.3, -0.25) is 14.4 Å². The number of likely N-dealkylation sites (tertiary alicyclic amines) is 1. The van der Waals surface area contributed by atoms with Crippen molar-refractivity contribution in [1.29, 1.82) is 0 Å². The van der Waals surface area contributed by atoms with Crippen molar-refractivity contribution in [2.45, 2.75) is 103 Å². The van der Waals surface area contributed by atoms with E-state index in [0.717, 1.165) is 0 Å². The number of nitrogens with zero attached hydrogens (tertiary/aromatic N) is 3. The smallest absolute Gasteiger partial charge is 0.389 e. The number of nitrogens with one attached hydrogen (secondary N) is 1. The van der Waals surface area contributed by atoms with Gasteiger partial charge >= 0.3 is 6.18 Å². The van der Waals surface area contributed by atoms with Gasteiger partial charge in [-0.15, -0.1) is 0 Å². The summed E-state index contributed by atoms with van der Waals surface area (Å²) in [4.78, 5) is 47.3. The molecule has 0 radical (unpaired) electrons. The fourth-order valence-electron chi connectivity index (χ4n) is 4.62. The van der Waals surface area contributed by atoms with Crippen LogP contribution in [0.2, 0.25) is 0 Å². The van der Waals surface area contributed by atoms with Gasteiger partial charge in [-0.2, -0.15) is 13.2 Å². The van der Waals surface area contributed by atoms with Crippen molar-refractivity contribution in [3.05, 3.63) is 47.7 Å². The van der Waals surface area contributed by atoms with Crippen LogP contribution in [-0.2, 0) is 21.6 Å². The summed E-state index contributed by atoms with van der Waals surface area (Å²) in [6.07, 6.45) is -3.48. The molecule has 0 aliphatic carbocycles. The van der Waals surface area contributed by atoms with Crippen molar-refractivity contribution < 1.29 is 36.7 Å². The Morgan fingerprint density at radius 3 is 2.50 bits per heavy atom. The van der Waals surface area contributed by atoms with Crippen LogP contribution >= 0.6 is 0 Å². The Kier molecular flexibility index (Phi) is 10.7. The molecule has 1 aliphatic heterocycles. The van der Waals surface area contributed by atoms with Gasteiger partial charge in [0.05, 0.1) is 11.8 Å². The van der Waals surface area contributed by atoms with E-state index in [1.807, 2.05) is 34.6 Å². The summed E-state index contributed by atoms with van der Waals surface area (Å²) in [5.41, 5.74) is -0.151. The molecule has 3 amide bonds. The maximum absolute atomic E-state index is 13.7. The Bertz CT molecular complexity index is 1240. The summed E-state index contributed by atoms with van der Waals surface area (Å²) in [5, 5.41) is 2.63. The van der Waals surface area contributed by atoms with Crippen LogP contribution in [0.4, 0.5) is 13.2 Å². The second-order valence-corrected chi connectivity index (χ2v) is 11.9. The number of ether oxygens (including phenoxy) is 1. The number of oxazole rings is 1. The largest absolute Gasteiger partial charge is 0.483 e. The standard InChI is InChI=1S/C30H41F3N4O5/c1-19(2)36(6)28(40)22-13-10-16-37(22)27(39)21(12-9-15-30(31,32)33)35-26(38)20-11-7-8-14-23(20)41-18-25-34-17-24(42-25)29(3,4)5/h7-8,11,14,17,19,21-22H,9-10,12-13,15-16,18H2,1-6H3,(H,35,38). The molecule has 2 unspecified atom stereocenters. The van der Waals surface area contributed by atoms with E-state index < -0.39 is 36.5 Å². The van der Waals surface area contributed by atoms with E-state index in [0.29, 0.717) is 24.5 Å². The third kappa shape index (κ3) is 8.72. The normalized spacial score (nSPS) is 16.4. The Morgan fingerprint density at radius 1 is 1.19 bits per heavy atom. The third-order valence-electron chi connectivity index (χ3n) is 7.28. The molecular weight excluding hydrogens is 553 g/mol. The number of benzene rings is 1. The summed E-state index contributed by atoms with van der Waals surface area (Å²) in [6, 6.07) is 4.26. The van der Waals surface area contributed by atoms with Crippen LogP contribution in [0.3, 0.4) is 0 Å². The van der Waals surface area contributed by atoms with E-state index in [4.69, 9.17) is 9.15 Å². The number of amides is 3. The predicted molar refractivity (Wildman–Crippen MR) is 150 cm³/mol. The van der Waals surface area contributed by atoms with Gasteiger partial charge in [-0.25, -0.2) is 4.98 Å². The lowest BCUT2D eigenvalue weighted by atomic mass is 9.94. The Balaban J connectivity index is 1.78. The number of hydrogen-bond acceptors (Lipinski definition) is 6. The predicted octanol–water partition coefficient (Wildman–Crippen LogP) is 5.24. The van der Waals surface area contributed by atoms with Gasteiger partial charge in [0.25, 0.3) is 5.91 Å². The molecule has 0 saturated carbocycles. The van der Waals surface area contributed by atoms with Crippen LogP contribution in [0.5, 0.6) is 5.75 Å². The molecule has 2 aromatic rings. The first-order valence-corrected chi connectivity index (χ1v) is 14.2. The Morgan fingerprint density at radius 2 is 1.88 bits per heavy atom. The van der Waals surface area contributed by atoms with Crippen molar-refractivity contribution in [2.75, 3.05) is 13.6 Å². The average Bonchev–Trinajstić information content (AvgIpc) is 3.59. The Hall–Kier alpha value is -3.57. The molecule has 2 heterocycles. The number of para-hydroxylation sites is 1. The molecule has 12 heteroatoms. The van der Waals surface area contributed by atoms with Crippen molar-refractivity contribution in [3.8, 4) is 5.75 Å². The average molecular weight is 595 g/mol. The minimum Gasteiger partial charge on any atom is -0.483 e. The molecule has 1 aliphatic rings. The van der Waals surface area contributed by atoms with Gasteiger partial charge < -0.3 is 24.3 Å². The van der Waals surface area contributed by atoms with Gasteiger partial charge in [0, 0.05) is 31.5 Å². The zero-order chi connectivity index (χ0) is 31.2. The van der Waals surface area contributed by atoms with E-state index in [1.165, 1.54) is 11.0 Å². The van der Waals surface area contributed by atoms with E-state index in [-0.39, 0.29) is 54.7 Å². The van der Waals surface area contributed by atoms with Crippen LogP contribution in [0.25, 0.3) is 0 Å². The minimum absolute atomic E-state index is 0.0603. The maximum atomic E-state index is 13.7. The first-order chi connectivity index (χ1) is 19.6. The van der Waals surface area contributed by atoms with E-state index in [9.17, 15) is 27.6 Å². The van der Waals surface area contributed by atoms with Crippen molar-refractivity contribution in [2.24, 2.45) is 0 Å². The topological polar surface area (TPSA) is 105 Å². The summed E-state index contributed by atoms with van der Waals surface area (Å²) in [5.74, 6) is -0.320. The minimum atomic E-state index is -4.41. The van der Waals surface area contributed by atoms with E-state index in [1.54, 1.807) is 36.3 Å². The van der Waals surface area contributed by atoms with Crippen molar-refractivity contribution >= 4 is 17.7 Å². The summed E-state index contributed by atoms with van der Waals surface area (Å²) in [6.45, 7) is 9.86. The number of halogens is 3. The second-order valence-electron chi connectivity index (χ2n) is 11.9. The SMILES string of the molecule is CC(C)N(C)C(=O)C1CCCN1C(=O)C(CCCC(F)(F)F)NC(=O)c1ccccc1OCc1ncc(C(C)(C)C)o1. The lowest BCUT2D eigenvalue weighted by molar-refractivity contribution is -0.145. The van der Waals surface area contributed by atoms with Crippen molar-refractivity contribution in [3.63, 3.8) is 0 Å². The first-order valence-electron chi connectivity index (χ1n) is 14.2. The van der Waals surface area contributed by atoms with Crippen LogP contribution in [0.15, 0.2) is 34.9 Å². The fourth-order valence-corrected chi connectivity index (χ4v) is 4.62. The molecule has 1 fully saturated rings. The molecule has 1 aromatic carbocycles. The quantitative estimate of drug-likeness (QED) is 0.382. The molecule has 1 aromatic heterocycles. The van der Waals surface area contributed by atoms with Crippen LogP contribution in [-0.4, -0.2) is 70.4 Å². The van der Waals surface area contributed by atoms with Gasteiger partial charge in [0.15, 0.2) is 6.61 Å². The number of aromatic nitrogens is 1. The number of likely N-dealkylation sites (N-methyl/N-ethyl adjacent to an activating group) is 1. The highest BCUT2D eigenvalue weighted by atomic mass is 19.4. The maximum Gasteiger partial charge on any atom is 0.389 e. The van der Waals surface area contributed by atoms with E-state index in [2.05, 4.69) is 10.3 Å². The van der Waals surface area contributed by atoms with Crippen LogP contribution in [0.1, 0.15) is 88.7 Å². The number of carbonyl (C=O) groups is 3. The molecule has 2 atom stereocenters. The number of rotatable bonds is 11. The zero-order valence-electron chi connectivity index (χ0n) is 25.1. The lowest BCUT2D eigenvalue weighted by Gasteiger charge is -2.32. The summed E-state index contributed by atoms with van der Waals surface area (Å²) < 4.78 is 50.4. The number of hydrogen-bond donors (Lipinski definition) is 1.